The molecule has 6 heteroatoms. The molecule has 0 unspecified atom stereocenters. The summed E-state index contributed by atoms with van der Waals surface area (Å²) in [6, 6.07) is 2.55. The highest BCUT2D eigenvalue weighted by Crippen LogP contribution is 2.31. The Hall–Kier alpha value is -1.62. The van der Waals surface area contributed by atoms with Gasteiger partial charge in [0.1, 0.15) is 17.3 Å². The van der Waals surface area contributed by atoms with Crippen LogP contribution in [-0.2, 0) is 4.79 Å². The minimum atomic E-state index is -0.568. The number of rotatable bonds is 5. The van der Waals surface area contributed by atoms with Crippen LogP contribution in [0, 0.1) is 5.82 Å². The smallest absolute Gasteiger partial charge is 0.175 e. The monoisotopic (exact) mass is 286 g/mol. The van der Waals surface area contributed by atoms with E-state index in [1.165, 1.54) is 19.9 Å². The van der Waals surface area contributed by atoms with Gasteiger partial charge in [-0.05, 0) is 26.8 Å². The lowest BCUT2D eigenvalue weighted by Crippen LogP contribution is -2.09. The molecular formula is C13H16ClFN2O2. The molecule has 0 bridgehead atoms. The molecule has 0 aliphatic carbocycles. The summed E-state index contributed by atoms with van der Waals surface area (Å²) in [7, 11) is 0. The number of carbonyl (C=O) groups is 1. The average molecular weight is 287 g/mol. The van der Waals surface area contributed by atoms with Crippen molar-refractivity contribution in [3.8, 4) is 5.75 Å². The molecule has 0 radical (unpaired) electrons. The third-order valence-corrected chi connectivity index (χ3v) is 2.53. The highest BCUT2D eigenvalue weighted by molar-refractivity contribution is 6.38. The fourth-order valence-electron chi connectivity index (χ4n) is 1.18. The van der Waals surface area contributed by atoms with Gasteiger partial charge < -0.3 is 4.74 Å². The van der Waals surface area contributed by atoms with Crippen molar-refractivity contribution in [3.05, 3.63) is 23.0 Å². The molecule has 19 heavy (non-hydrogen) atoms. The largest absolute Gasteiger partial charge is 0.489 e. The van der Waals surface area contributed by atoms with E-state index < -0.39 is 5.82 Å². The van der Waals surface area contributed by atoms with Crippen LogP contribution < -0.4 is 10.2 Å². The topological polar surface area (TPSA) is 50.7 Å². The summed E-state index contributed by atoms with van der Waals surface area (Å²) in [5, 5.41) is 3.97. The number of hydrazone groups is 1. The lowest BCUT2D eigenvalue weighted by atomic mass is 10.3. The first-order valence-electron chi connectivity index (χ1n) is 5.78. The van der Waals surface area contributed by atoms with Gasteiger partial charge in [-0.2, -0.15) is 5.10 Å². The van der Waals surface area contributed by atoms with Gasteiger partial charge in [0.25, 0.3) is 0 Å². The Morgan fingerprint density at radius 3 is 2.58 bits per heavy atom. The van der Waals surface area contributed by atoms with Crippen LogP contribution in [0.1, 0.15) is 27.7 Å². The molecule has 0 aromatic heterocycles. The van der Waals surface area contributed by atoms with Crippen molar-refractivity contribution in [3.63, 3.8) is 0 Å². The van der Waals surface area contributed by atoms with Crippen molar-refractivity contribution in [1.82, 2.24) is 0 Å². The van der Waals surface area contributed by atoms with Gasteiger partial charge >= 0.3 is 0 Å². The molecule has 1 N–H and O–H groups in total. The van der Waals surface area contributed by atoms with Gasteiger partial charge in [0.05, 0.1) is 16.8 Å². The summed E-state index contributed by atoms with van der Waals surface area (Å²) in [5.74, 6) is -0.405. The molecule has 1 aromatic carbocycles. The Morgan fingerprint density at radius 2 is 2.05 bits per heavy atom. The molecule has 0 amide bonds. The zero-order chi connectivity index (χ0) is 14.6. The quantitative estimate of drug-likeness (QED) is 0.664. The van der Waals surface area contributed by atoms with E-state index in [1.807, 2.05) is 13.8 Å². The van der Waals surface area contributed by atoms with Gasteiger partial charge in [-0.25, -0.2) is 4.39 Å². The summed E-state index contributed by atoms with van der Waals surface area (Å²) < 4.78 is 19.1. The van der Waals surface area contributed by atoms with Crippen molar-refractivity contribution >= 4 is 28.8 Å². The molecular weight excluding hydrogens is 271 g/mol. The van der Waals surface area contributed by atoms with E-state index in [2.05, 4.69) is 10.5 Å². The van der Waals surface area contributed by atoms with Crippen LogP contribution in [0.2, 0.25) is 5.02 Å². The third kappa shape index (κ3) is 4.52. The van der Waals surface area contributed by atoms with E-state index in [0.29, 0.717) is 5.75 Å². The van der Waals surface area contributed by atoms with Gasteiger partial charge in [-0.1, -0.05) is 11.6 Å². The number of ketones is 1. The van der Waals surface area contributed by atoms with E-state index in [1.54, 1.807) is 0 Å². The highest BCUT2D eigenvalue weighted by Gasteiger charge is 2.11. The van der Waals surface area contributed by atoms with E-state index in [-0.39, 0.29) is 28.3 Å². The van der Waals surface area contributed by atoms with Crippen molar-refractivity contribution in [2.24, 2.45) is 5.10 Å². The number of carbonyl (C=O) groups excluding carboxylic acids is 1. The second-order valence-electron chi connectivity index (χ2n) is 4.29. The van der Waals surface area contributed by atoms with Gasteiger partial charge in [0.2, 0.25) is 0 Å². The molecule has 0 saturated carbocycles. The molecule has 1 aromatic rings. The number of nitrogens with one attached hydrogen (secondary N) is 1. The van der Waals surface area contributed by atoms with Crippen LogP contribution in [0.5, 0.6) is 5.75 Å². The summed E-state index contributed by atoms with van der Waals surface area (Å²) in [5.41, 5.74) is 2.84. The second kappa shape index (κ2) is 6.52. The van der Waals surface area contributed by atoms with Crippen LogP contribution in [0.3, 0.4) is 0 Å². The number of hydrogen-bond donors (Lipinski definition) is 1. The van der Waals surface area contributed by atoms with E-state index in [4.69, 9.17) is 16.3 Å². The summed E-state index contributed by atoms with van der Waals surface area (Å²) >= 11 is 5.88. The number of nitrogens with zero attached hydrogens (tertiary/aromatic N) is 1. The minimum absolute atomic E-state index is 0.0849. The van der Waals surface area contributed by atoms with Crippen LogP contribution in [-0.4, -0.2) is 17.6 Å². The van der Waals surface area contributed by atoms with Crippen LogP contribution in [0.15, 0.2) is 17.2 Å². The predicted octanol–water partition coefficient (Wildman–Crippen LogP) is 3.64. The van der Waals surface area contributed by atoms with Gasteiger partial charge in [-0.15, -0.1) is 0 Å². The second-order valence-corrected chi connectivity index (χ2v) is 4.70. The first-order chi connectivity index (χ1) is 8.81. The molecule has 0 atom stereocenters. The molecule has 0 spiro atoms. The van der Waals surface area contributed by atoms with Crippen LogP contribution >= 0.6 is 11.6 Å². The van der Waals surface area contributed by atoms with Crippen molar-refractivity contribution in [2.45, 2.75) is 33.8 Å². The Bertz CT molecular complexity index is 516. The Balaban J connectivity index is 3.01. The molecule has 1 rings (SSSR count). The standard InChI is InChI=1S/C13H16ClFN2O2/c1-7(2)19-13-6-12(11(15)5-10(13)14)17-16-8(3)9(4)18/h5-7,17H,1-4H3/b16-8-. The number of Topliss-reactive ketones (excluding diaryl/α,β-unsaturated/α-hetero) is 1. The van der Waals surface area contributed by atoms with E-state index >= 15 is 0 Å². The van der Waals surface area contributed by atoms with E-state index in [9.17, 15) is 9.18 Å². The van der Waals surface area contributed by atoms with Gasteiger partial charge in [0, 0.05) is 13.0 Å². The number of halogens is 2. The summed E-state index contributed by atoms with van der Waals surface area (Å²) in [6.45, 7) is 6.59. The van der Waals surface area contributed by atoms with Crippen molar-refractivity contribution < 1.29 is 13.9 Å². The maximum absolute atomic E-state index is 13.7. The predicted molar refractivity (Wildman–Crippen MR) is 74.6 cm³/mol. The van der Waals surface area contributed by atoms with Crippen LogP contribution in [0.4, 0.5) is 10.1 Å². The zero-order valence-electron chi connectivity index (χ0n) is 11.3. The number of hydrogen-bond acceptors (Lipinski definition) is 4. The third-order valence-electron chi connectivity index (χ3n) is 2.24. The fraction of sp³-hybridized carbons (Fsp3) is 0.385. The Kier molecular flexibility index (Phi) is 5.30. The van der Waals surface area contributed by atoms with Crippen molar-refractivity contribution in [2.75, 3.05) is 5.43 Å². The minimum Gasteiger partial charge on any atom is -0.489 e. The zero-order valence-corrected chi connectivity index (χ0v) is 12.0. The molecule has 0 saturated heterocycles. The van der Waals surface area contributed by atoms with Crippen LogP contribution in [0.25, 0.3) is 0 Å². The molecule has 0 aliphatic heterocycles. The average Bonchev–Trinajstić information content (AvgIpc) is 2.30. The Labute approximate surface area is 116 Å². The Morgan fingerprint density at radius 1 is 1.42 bits per heavy atom. The number of anilines is 1. The molecule has 104 valence electrons. The summed E-state index contributed by atoms with van der Waals surface area (Å²) in [6.07, 6.45) is -0.0849. The number of benzene rings is 1. The first-order valence-corrected chi connectivity index (χ1v) is 6.16. The van der Waals surface area contributed by atoms with E-state index in [0.717, 1.165) is 6.07 Å². The lowest BCUT2D eigenvalue weighted by Gasteiger charge is -2.13. The SMILES string of the molecule is CC(=O)/C(C)=N\Nc1cc(OC(C)C)c(Cl)cc1F. The lowest BCUT2D eigenvalue weighted by molar-refractivity contribution is -0.111. The van der Waals surface area contributed by atoms with Gasteiger partial charge in [0.15, 0.2) is 5.78 Å². The fourth-order valence-corrected chi connectivity index (χ4v) is 1.38. The molecule has 0 aliphatic rings. The molecule has 0 heterocycles. The van der Waals surface area contributed by atoms with Gasteiger partial charge in [-0.3, -0.25) is 10.2 Å². The number of ether oxygens (including phenoxy) is 1. The maximum Gasteiger partial charge on any atom is 0.175 e. The summed E-state index contributed by atoms with van der Waals surface area (Å²) in [4.78, 5) is 11.0. The highest BCUT2D eigenvalue weighted by atomic mass is 35.5. The molecule has 0 fully saturated rings. The van der Waals surface area contributed by atoms with Crippen molar-refractivity contribution in [1.29, 1.82) is 0 Å². The maximum atomic E-state index is 13.7. The first kappa shape index (κ1) is 15.4. The molecule has 4 nitrogen and oxygen atoms in total. The normalized spacial score (nSPS) is 11.6.